The molecule has 19 heavy (non-hydrogen) atoms. The normalized spacial score (nSPS) is 20.6. The van der Waals surface area contributed by atoms with E-state index in [9.17, 15) is 8.42 Å². The van der Waals surface area contributed by atoms with Crippen LogP contribution in [0.4, 0.5) is 0 Å². The van der Waals surface area contributed by atoms with Crippen molar-refractivity contribution in [2.24, 2.45) is 13.0 Å². The Kier molecular flexibility index (Phi) is 4.95. The number of sulfonamides is 1. The summed E-state index contributed by atoms with van der Waals surface area (Å²) in [5.41, 5.74) is 0. The van der Waals surface area contributed by atoms with Gasteiger partial charge in [-0.25, -0.2) is 18.1 Å². The maximum atomic E-state index is 11.9. The van der Waals surface area contributed by atoms with Crippen LogP contribution >= 0.6 is 0 Å². The molecule has 1 aromatic heterocycles. The minimum atomic E-state index is -3.17. The van der Waals surface area contributed by atoms with Crippen molar-refractivity contribution in [2.45, 2.75) is 19.3 Å². The molecule has 108 valence electrons. The molecular formula is C12H22N4O2S. The van der Waals surface area contributed by atoms with Crippen LogP contribution in [0.15, 0.2) is 12.4 Å². The third kappa shape index (κ3) is 4.59. The van der Waals surface area contributed by atoms with Gasteiger partial charge >= 0.3 is 0 Å². The molecule has 1 fully saturated rings. The van der Waals surface area contributed by atoms with E-state index in [4.69, 9.17) is 0 Å². The van der Waals surface area contributed by atoms with E-state index < -0.39 is 10.0 Å². The van der Waals surface area contributed by atoms with Crippen molar-refractivity contribution in [1.29, 1.82) is 0 Å². The Morgan fingerprint density at radius 2 is 2.42 bits per heavy atom. The molecule has 1 atom stereocenters. The first-order valence-electron chi connectivity index (χ1n) is 6.71. The zero-order valence-electron chi connectivity index (χ0n) is 11.3. The van der Waals surface area contributed by atoms with Gasteiger partial charge in [0.05, 0.1) is 5.75 Å². The average Bonchev–Trinajstić information content (AvgIpc) is 2.76. The number of nitrogens with zero attached hydrogens (tertiary/aromatic N) is 2. The number of piperidine rings is 1. The summed E-state index contributed by atoms with van der Waals surface area (Å²) in [5, 5.41) is 3.24. The van der Waals surface area contributed by atoms with E-state index in [1.807, 2.05) is 17.8 Å². The summed E-state index contributed by atoms with van der Waals surface area (Å²) in [4.78, 5) is 4.17. The number of aryl methyl sites for hydroxylation is 1. The molecule has 2 N–H and O–H groups in total. The molecule has 2 heterocycles. The first kappa shape index (κ1) is 14.5. The molecule has 1 saturated heterocycles. The average molecular weight is 286 g/mol. The Labute approximate surface area is 114 Å². The smallest absolute Gasteiger partial charge is 0.211 e. The highest BCUT2D eigenvalue weighted by Gasteiger charge is 2.20. The molecule has 1 aromatic rings. The van der Waals surface area contributed by atoms with E-state index in [0.29, 0.717) is 13.0 Å². The van der Waals surface area contributed by atoms with E-state index in [0.717, 1.165) is 31.8 Å². The standard InChI is InChI=1S/C12H22N4O2S/c1-16-8-7-14-12(16)4-6-15-19(17,18)10-11-3-2-5-13-9-11/h7-8,11,13,15H,2-6,9-10H2,1H3. The lowest BCUT2D eigenvalue weighted by Gasteiger charge is -2.22. The fourth-order valence-corrected chi connectivity index (χ4v) is 3.83. The molecule has 7 heteroatoms. The summed E-state index contributed by atoms with van der Waals surface area (Å²) in [6.07, 6.45) is 6.25. The van der Waals surface area contributed by atoms with Gasteiger partial charge in [-0.05, 0) is 31.8 Å². The van der Waals surface area contributed by atoms with Crippen LogP contribution in [0.2, 0.25) is 0 Å². The molecule has 0 aliphatic carbocycles. The van der Waals surface area contributed by atoms with E-state index in [1.165, 1.54) is 0 Å². The summed E-state index contributed by atoms with van der Waals surface area (Å²) < 4.78 is 28.5. The van der Waals surface area contributed by atoms with Crippen LogP contribution < -0.4 is 10.0 Å². The van der Waals surface area contributed by atoms with E-state index in [2.05, 4.69) is 15.0 Å². The molecule has 0 aromatic carbocycles. The van der Waals surface area contributed by atoms with Gasteiger partial charge < -0.3 is 9.88 Å². The predicted octanol–water partition coefficient (Wildman–Crippen LogP) is -0.118. The van der Waals surface area contributed by atoms with Gasteiger partial charge in [0.2, 0.25) is 10.0 Å². The van der Waals surface area contributed by atoms with E-state index in [-0.39, 0.29) is 11.7 Å². The number of nitrogens with one attached hydrogen (secondary N) is 2. The molecule has 1 aliphatic heterocycles. The lowest BCUT2D eigenvalue weighted by molar-refractivity contribution is 0.403. The molecular weight excluding hydrogens is 264 g/mol. The van der Waals surface area contributed by atoms with Crippen molar-refractivity contribution in [3.8, 4) is 0 Å². The van der Waals surface area contributed by atoms with Crippen molar-refractivity contribution < 1.29 is 8.42 Å². The van der Waals surface area contributed by atoms with E-state index in [1.54, 1.807) is 6.20 Å². The number of hydrogen-bond donors (Lipinski definition) is 2. The third-order valence-electron chi connectivity index (χ3n) is 3.45. The van der Waals surface area contributed by atoms with Crippen molar-refractivity contribution in [2.75, 3.05) is 25.4 Å². The lowest BCUT2D eigenvalue weighted by atomic mass is 10.0. The fourth-order valence-electron chi connectivity index (χ4n) is 2.39. The monoisotopic (exact) mass is 286 g/mol. The Morgan fingerprint density at radius 3 is 3.05 bits per heavy atom. The highest BCUT2D eigenvalue weighted by molar-refractivity contribution is 7.89. The van der Waals surface area contributed by atoms with Crippen LogP contribution in [-0.4, -0.2) is 43.4 Å². The van der Waals surface area contributed by atoms with Gasteiger partial charge in [0.15, 0.2) is 0 Å². The second-order valence-electron chi connectivity index (χ2n) is 5.09. The van der Waals surface area contributed by atoms with Crippen LogP contribution in [0.3, 0.4) is 0 Å². The molecule has 0 spiro atoms. The second-order valence-corrected chi connectivity index (χ2v) is 6.94. The largest absolute Gasteiger partial charge is 0.338 e. The zero-order chi connectivity index (χ0) is 13.7. The highest BCUT2D eigenvalue weighted by Crippen LogP contribution is 2.11. The van der Waals surface area contributed by atoms with Crippen LogP contribution in [0, 0.1) is 5.92 Å². The predicted molar refractivity (Wildman–Crippen MR) is 74.3 cm³/mol. The van der Waals surface area contributed by atoms with Crippen molar-refractivity contribution in [1.82, 2.24) is 19.6 Å². The topological polar surface area (TPSA) is 76.0 Å². The minimum absolute atomic E-state index is 0.223. The molecule has 0 amide bonds. The van der Waals surface area contributed by atoms with Crippen LogP contribution in [-0.2, 0) is 23.5 Å². The minimum Gasteiger partial charge on any atom is -0.338 e. The Balaban J connectivity index is 1.76. The van der Waals surface area contributed by atoms with Gasteiger partial charge in [-0.1, -0.05) is 0 Å². The maximum absolute atomic E-state index is 11.9. The molecule has 0 saturated carbocycles. The highest BCUT2D eigenvalue weighted by atomic mass is 32.2. The number of hydrogen-bond acceptors (Lipinski definition) is 4. The molecule has 1 unspecified atom stereocenters. The number of aromatic nitrogens is 2. The second kappa shape index (κ2) is 6.49. The van der Waals surface area contributed by atoms with Crippen molar-refractivity contribution in [3.05, 3.63) is 18.2 Å². The molecule has 6 nitrogen and oxygen atoms in total. The van der Waals surface area contributed by atoms with Crippen molar-refractivity contribution >= 4 is 10.0 Å². The maximum Gasteiger partial charge on any atom is 0.211 e. The summed E-state index contributed by atoms with van der Waals surface area (Å²) in [7, 11) is -1.27. The quantitative estimate of drug-likeness (QED) is 0.764. The Morgan fingerprint density at radius 1 is 1.58 bits per heavy atom. The Bertz CT molecular complexity index is 492. The molecule has 2 rings (SSSR count). The van der Waals surface area contributed by atoms with Gasteiger partial charge in [0.25, 0.3) is 0 Å². The molecule has 1 aliphatic rings. The van der Waals surface area contributed by atoms with Crippen LogP contribution in [0.25, 0.3) is 0 Å². The number of imidazole rings is 1. The first-order valence-corrected chi connectivity index (χ1v) is 8.36. The lowest BCUT2D eigenvalue weighted by Crippen LogP contribution is -2.38. The Hall–Kier alpha value is -0.920. The molecule has 0 bridgehead atoms. The van der Waals surface area contributed by atoms with Crippen LogP contribution in [0.1, 0.15) is 18.7 Å². The summed E-state index contributed by atoms with van der Waals surface area (Å²) in [6, 6.07) is 0. The summed E-state index contributed by atoms with van der Waals surface area (Å²) in [6.45, 7) is 2.22. The summed E-state index contributed by atoms with van der Waals surface area (Å²) >= 11 is 0. The van der Waals surface area contributed by atoms with Gasteiger partial charge in [-0.2, -0.15) is 0 Å². The first-order chi connectivity index (χ1) is 9.07. The third-order valence-corrected chi connectivity index (χ3v) is 5.00. The summed E-state index contributed by atoms with van der Waals surface area (Å²) in [5.74, 6) is 1.35. The van der Waals surface area contributed by atoms with Gasteiger partial charge in [0, 0.05) is 32.4 Å². The molecule has 0 radical (unpaired) electrons. The van der Waals surface area contributed by atoms with Gasteiger partial charge in [0.1, 0.15) is 5.82 Å². The number of rotatable bonds is 6. The van der Waals surface area contributed by atoms with E-state index >= 15 is 0 Å². The van der Waals surface area contributed by atoms with Gasteiger partial charge in [-0.15, -0.1) is 0 Å². The van der Waals surface area contributed by atoms with Crippen LogP contribution in [0.5, 0.6) is 0 Å². The van der Waals surface area contributed by atoms with Crippen molar-refractivity contribution in [3.63, 3.8) is 0 Å². The fraction of sp³-hybridized carbons (Fsp3) is 0.750. The SMILES string of the molecule is Cn1ccnc1CCNS(=O)(=O)CC1CCCNC1. The zero-order valence-corrected chi connectivity index (χ0v) is 12.1. The van der Waals surface area contributed by atoms with Gasteiger partial charge in [-0.3, -0.25) is 0 Å².